The summed E-state index contributed by atoms with van der Waals surface area (Å²) in [6, 6.07) is 7.94. The summed E-state index contributed by atoms with van der Waals surface area (Å²) in [7, 11) is 1.38. The number of aryl methyl sites for hydroxylation is 1. The number of fused-ring (bicyclic) bond motifs is 1. The van der Waals surface area contributed by atoms with Crippen LogP contribution in [0.25, 0.3) is 6.08 Å². The van der Waals surface area contributed by atoms with Gasteiger partial charge in [0, 0.05) is 11.0 Å². The van der Waals surface area contributed by atoms with Crippen LogP contribution >= 0.6 is 11.3 Å². The van der Waals surface area contributed by atoms with Crippen molar-refractivity contribution in [2.24, 2.45) is 5.92 Å². The molecule has 0 fully saturated rings. The molecule has 142 valence electrons. The van der Waals surface area contributed by atoms with Gasteiger partial charge in [0.25, 0.3) is 0 Å². The standard InChI is InChI=1S/C22H25NO3S/c1-4-15-9-11-17-18(13-15)27-21(20(17)22(25)26-3)23-19(24)12-10-16-7-5-14(2)6-8-16/h5-8,10,12,15H,4,9,11,13H2,1-3H3,(H,23,24)/b12-10+. The van der Waals surface area contributed by atoms with Crippen molar-refractivity contribution in [3.05, 3.63) is 57.5 Å². The van der Waals surface area contributed by atoms with Gasteiger partial charge < -0.3 is 10.1 Å². The topological polar surface area (TPSA) is 55.4 Å². The van der Waals surface area contributed by atoms with Gasteiger partial charge in [-0.25, -0.2) is 4.79 Å². The van der Waals surface area contributed by atoms with Crippen molar-refractivity contribution in [1.82, 2.24) is 0 Å². The number of anilines is 1. The minimum Gasteiger partial charge on any atom is -0.465 e. The Morgan fingerprint density at radius 2 is 2.04 bits per heavy atom. The van der Waals surface area contributed by atoms with E-state index in [-0.39, 0.29) is 11.9 Å². The lowest BCUT2D eigenvalue weighted by atomic mass is 9.86. The van der Waals surface area contributed by atoms with Crippen molar-refractivity contribution in [3.8, 4) is 0 Å². The summed E-state index contributed by atoms with van der Waals surface area (Å²) in [5.74, 6) is 0.0262. The van der Waals surface area contributed by atoms with Crippen LogP contribution in [0.2, 0.25) is 0 Å². The maximum atomic E-state index is 12.4. The quantitative estimate of drug-likeness (QED) is 0.583. The largest absolute Gasteiger partial charge is 0.465 e. The van der Waals surface area contributed by atoms with Crippen LogP contribution in [-0.4, -0.2) is 19.0 Å². The van der Waals surface area contributed by atoms with Gasteiger partial charge in [-0.05, 0) is 49.3 Å². The Morgan fingerprint density at radius 3 is 2.70 bits per heavy atom. The first-order valence-corrected chi connectivity index (χ1v) is 10.1. The summed E-state index contributed by atoms with van der Waals surface area (Å²) in [4.78, 5) is 25.9. The number of rotatable bonds is 5. The number of methoxy groups -OCH3 is 1. The number of hydrogen-bond donors (Lipinski definition) is 1. The van der Waals surface area contributed by atoms with E-state index in [4.69, 9.17) is 4.74 Å². The molecule has 0 radical (unpaired) electrons. The molecule has 0 saturated heterocycles. The molecule has 1 aromatic carbocycles. The second-order valence-corrected chi connectivity index (χ2v) is 8.06. The Balaban J connectivity index is 1.81. The van der Waals surface area contributed by atoms with Gasteiger partial charge in [0.2, 0.25) is 5.91 Å². The third-order valence-corrected chi connectivity index (χ3v) is 6.25. The number of hydrogen-bond acceptors (Lipinski definition) is 4. The number of ether oxygens (including phenoxy) is 1. The molecule has 1 heterocycles. The first-order chi connectivity index (χ1) is 13.0. The fraction of sp³-hybridized carbons (Fsp3) is 0.364. The molecule has 1 aromatic heterocycles. The molecule has 27 heavy (non-hydrogen) atoms. The molecule has 1 amide bonds. The van der Waals surface area contributed by atoms with E-state index in [1.54, 1.807) is 6.08 Å². The fourth-order valence-corrected chi connectivity index (χ4v) is 4.76. The SMILES string of the molecule is CCC1CCc2c(sc(NC(=O)/C=C/c3ccc(C)cc3)c2C(=O)OC)C1. The Kier molecular flexibility index (Phi) is 6.11. The van der Waals surface area contributed by atoms with Gasteiger partial charge >= 0.3 is 5.97 Å². The van der Waals surface area contributed by atoms with Gasteiger partial charge in [-0.15, -0.1) is 11.3 Å². The number of benzene rings is 1. The average molecular weight is 384 g/mol. The van der Waals surface area contributed by atoms with Crippen LogP contribution in [0.3, 0.4) is 0 Å². The first-order valence-electron chi connectivity index (χ1n) is 9.30. The van der Waals surface area contributed by atoms with E-state index in [1.165, 1.54) is 35.0 Å². The van der Waals surface area contributed by atoms with Crippen LogP contribution in [0.15, 0.2) is 30.3 Å². The van der Waals surface area contributed by atoms with Gasteiger partial charge in [0.15, 0.2) is 0 Å². The number of amides is 1. The smallest absolute Gasteiger partial charge is 0.341 e. The van der Waals surface area contributed by atoms with Gasteiger partial charge in [-0.1, -0.05) is 43.2 Å². The van der Waals surface area contributed by atoms with Crippen LogP contribution in [0.4, 0.5) is 5.00 Å². The summed E-state index contributed by atoms with van der Waals surface area (Å²) in [6.45, 7) is 4.22. The Hall–Kier alpha value is -2.40. The molecule has 5 heteroatoms. The predicted molar refractivity (Wildman–Crippen MR) is 110 cm³/mol. The minimum absolute atomic E-state index is 0.244. The summed E-state index contributed by atoms with van der Waals surface area (Å²) in [6.07, 6.45) is 7.31. The third-order valence-electron chi connectivity index (χ3n) is 5.08. The number of nitrogens with one attached hydrogen (secondary N) is 1. The predicted octanol–water partition coefficient (Wildman–Crippen LogP) is 5.01. The second-order valence-electron chi connectivity index (χ2n) is 6.95. The zero-order chi connectivity index (χ0) is 19.4. The normalized spacial score (nSPS) is 16.2. The summed E-state index contributed by atoms with van der Waals surface area (Å²) in [5, 5.41) is 3.49. The third kappa shape index (κ3) is 4.48. The molecule has 1 aliphatic rings. The second kappa shape index (κ2) is 8.53. The van der Waals surface area contributed by atoms with E-state index in [0.29, 0.717) is 16.5 Å². The van der Waals surface area contributed by atoms with E-state index in [9.17, 15) is 9.59 Å². The van der Waals surface area contributed by atoms with E-state index >= 15 is 0 Å². The van der Waals surface area contributed by atoms with Gasteiger partial charge in [0.1, 0.15) is 5.00 Å². The molecule has 0 bridgehead atoms. The highest BCUT2D eigenvalue weighted by Crippen LogP contribution is 2.40. The summed E-state index contributed by atoms with van der Waals surface area (Å²) < 4.78 is 4.97. The summed E-state index contributed by atoms with van der Waals surface area (Å²) in [5.41, 5.74) is 3.72. The average Bonchev–Trinajstić information content (AvgIpc) is 3.03. The lowest BCUT2D eigenvalue weighted by Crippen LogP contribution is -2.15. The zero-order valence-electron chi connectivity index (χ0n) is 16.0. The lowest BCUT2D eigenvalue weighted by molar-refractivity contribution is -0.111. The van der Waals surface area contributed by atoms with E-state index in [2.05, 4.69) is 12.2 Å². The first kappa shape index (κ1) is 19.4. The Morgan fingerprint density at radius 1 is 1.30 bits per heavy atom. The zero-order valence-corrected chi connectivity index (χ0v) is 16.8. The Labute approximate surface area is 164 Å². The monoisotopic (exact) mass is 383 g/mol. The van der Waals surface area contributed by atoms with Crippen molar-refractivity contribution < 1.29 is 14.3 Å². The van der Waals surface area contributed by atoms with E-state index < -0.39 is 0 Å². The minimum atomic E-state index is -0.375. The molecule has 0 aliphatic heterocycles. The van der Waals surface area contributed by atoms with E-state index in [0.717, 1.165) is 36.8 Å². The molecule has 2 aromatic rings. The van der Waals surface area contributed by atoms with Crippen LogP contribution in [0.5, 0.6) is 0 Å². The molecule has 0 saturated carbocycles. The molecule has 4 nitrogen and oxygen atoms in total. The molecule has 0 spiro atoms. The molecule has 1 atom stereocenters. The highest BCUT2D eigenvalue weighted by molar-refractivity contribution is 7.17. The van der Waals surface area contributed by atoms with Crippen LogP contribution in [0, 0.1) is 12.8 Å². The number of thiophene rings is 1. The van der Waals surface area contributed by atoms with Crippen LogP contribution in [-0.2, 0) is 22.4 Å². The number of carbonyl (C=O) groups is 2. The molecule has 1 unspecified atom stereocenters. The van der Waals surface area contributed by atoms with Crippen molar-refractivity contribution in [2.45, 2.75) is 39.5 Å². The Bertz CT molecular complexity index is 864. The fourth-order valence-electron chi connectivity index (χ4n) is 3.41. The van der Waals surface area contributed by atoms with Crippen molar-refractivity contribution in [3.63, 3.8) is 0 Å². The van der Waals surface area contributed by atoms with Crippen LogP contribution < -0.4 is 5.32 Å². The van der Waals surface area contributed by atoms with Crippen LogP contribution in [0.1, 0.15) is 51.7 Å². The lowest BCUT2D eigenvalue weighted by Gasteiger charge is -2.20. The molecular formula is C22H25NO3S. The van der Waals surface area contributed by atoms with Gasteiger partial charge in [0.05, 0.1) is 12.7 Å². The molecule has 1 aliphatic carbocycles. The highest BCUT2D eigenvalue weighted by Gasteiger charge is 2.29. The van der Waals surface area contributed by atoms with Gasteiger partial charge in [-0.2, -0.15) is 0 Å². The molecular weight excluding hydrogens is 358 g/mol. The maximum Gasteiger partial charge on any atom is 0.341 e. The maximum absolute atomic E-state index is 12.4. The molecule has 1 N–H and O–H groups in total. The van der Waals surface area contributed by atoms with Gasteiger partial charge in [-0.3, -0.25) is 4.79 Å². The van der Waals surface area contributed by atoms with Crippen molar-refractivity contribution >= 4 is 34.3 Å². The number of carbonyl (C=O) groups excluding carboxylic acids is 2. The van der Waals surface area contributed by atoms with Crippen molar-refractivity contribution in [2.75, 3.05) is 12.4 Å². The number of esters is 1. The summed E-state index contributed by atoms with van der Waals surface area (Å²) >= 11 is 1.51. The van der Waals surface area contributed by atoms with E-state index in [1.807, 2.05) is 31.2 Å². The highest BCUT2D eigenvalue weighted by atomic mass is 32.1. The van der Waals surface area contributed by atoms with Crippen molar-refractivity contribution in [1.29, 1.82) is 0 Å². The molecule has 3 rings (SSSR count).